The highest BCUT2D eigenvalue weighted by Crippen LogP contribution is 2.18. The van der Waals surface area contributed by atoms with Crippen LogP contribution in [0.15, 0.2) is 30.6 Å². The number of nitrogens with one attached hydrogen (secondary N) is 1. The van der Waals surface area contributed by atoms with Gasteiger partial charge < -0.3 is 19.5 Å². The van der Waals surface area contributed by atoms with E-state index < -0.39 is 0 Å². The maximum Gasteiger partial charge on any atom is 0.236 e. The van der Waals surface area contributed by atoms with E-state index in [1.54, 1.807) is 0 Å². The molecular weight excluding hydrogens is 318 g/mol. The van der Waals surface area contributed by atoms with Gasteiger partial charge in [0, 0.05) is 44.6 Å². The van der Waals surface area contributed by atoms with Crippen molar-refractivity contribution in [3.63, 3.8) is 0 Å². The van der Waals surface area contributed by atoms with E-state index >= 15 is 0 Å². The SMILES string of the molecule is O=C(Cc1cn2ccccc2n1)N1CCCC(N2CCNCC2=O)C1. The molecule has 7 heteroatoms. The lowest BCUT2D eigenvalue weighted by atomic mass is 10.0. The largest absolute Gasteiger partial charge is 0.340 e. The Morgan fingerprint density at radius 1 is 1.32 bits per heavy atom. The first-order chi connectivity index (χ1) is 12.2. The first kappa shape index (κ1) is 16.1. The lowest BCUT2D eigenvalue weighted by Crippen LogP contribution is -2.57. The van der Waals surface area contributed by atoms with E-state index in [4.69, 9.17) is 0 Å². The predicted molar refractivity (Wildman–Crippen MR) is 93.1 cm³/mol. The summed E-state index contributed by atoms with van der Waals surface area (Å²) in [5, 5.41) is 3.10. The summed E-state index contributed by atoms with van der Waals surface area (Å²) in [7, 11) is 0. The van der Waals surface area contributed by atoms with Gasteiger partial charge in [0.1, 0.15) is 5.65 Å². The number of imidazole rings is 1. The molecule has 0 aromatic carbocycles. The van der Waals surface area contributed by atoms with Crippen molar-refractivity contribution in [3.8, 4) is 0 Å². The molecule has 25 heavy (non-hydrogen) atoms. The molecule has 2 aliphatic rings. The monoisotopic (exact) mass is 341 g/mol. The lowest BCUT2D eigenvalue weighted by molar-refractivity contribution is -0.140. The minimum atomic E-state index is 0.0932. The molecule has 2 fully saturated rings. The highest BCUT2D eigenvalue weighted by molar-refractivity contribution is 5.80. The number of amides is 2. The van der Waals surface area contributed by atoms with E-state index in [1.807, 2.05) is 44.8 Å². The van der Waals surface area contributed by atoms with Crippen molar-refractivity contribution in [1.82, 2.24) is 24.5 Å². The summed E-state index contributed by atoms with van der Waals surface area (Å²) in [6, 6.07) is 5.96. The Kier molecular flexibility index (Phi) is 4.40. The summed E-state index contributed by atoms with van der Waals surface area (Å²) < 4.78 is 1.93. The molecule has 2 saturated heterocycles. The van der Waals surface area contributed by atoms with E-state index in [0.29, 0.717) is 19.5 Å². The molecule has 4 heterocycles. The topological polar surface area (TPSA) is 70.0 Å². The van der Waals surface area contributed by atoms with Gasteiger partial charge in [-0.3, -0.25) is 9.59 Å². The molecule has 2 aromatic heterocycles. The van der Waals surface area contributed by atoms with Crippen molar-refractivity contribution in [3.05, 3.63) is 36.3 Å². The fourth-order valence-electron chi connectivity index (χ4n) is 3.78. The van der Waals surface area contributed by atoms with Gasteiger partial charge >= 0.3 is 0 Å². The average Bonchev–Trinajstić information content (AvgIpc) is 3.04. The molecule has 0 saturated carbocycles. The van der Waals surface area contributed by atoms with Crippen LogP contribution in [0.1, 0.15) is 18.5 Å². The van der Waals surface area contributed by atoms with Gasteiger partial charge in [-0.25, -0.2) is 4.98 Å². The molecular formula is C18H23N5O2. The van der Waals surface area contributed by atoms with Crippen LogP contribution >= 0.6 is 0 Å². The quantitative estimate of drug-likeness (QED) is 0.872. The number of piperidine rings is 1. The van der Waals surface area contributed by atoms with Gasteiger partial charge in [-0.2, -0.15) is 0 Å². The van der Waals surface area contributed by atoms with Crippen LogP contribution < -0.4 is 5.32 Å². The highest BCUT2D eigenvalue weighted by atomic mass is 16.2. The smallest absolute Gasteiger partial charge is 0.236 e. The molecule has 132 valence electrons. The Bertz CT molecular complexity index is 754. The Hall–Kier alpha value is -2.41. The summed E-state index contributed by atoms with van der Waals surface area (Å²) in [5.41, 5.74) is 1.64. The Balaban J connectivity index is 1.41. The van der Waals surface area contributed by atoms with Crippen LogP contribution in [0.3, 0.4) is 0 Å². The number of pyridine rings is 1. The minimum absolute atomic E-state index is 0.0932. The molecule has 2 aliphatic heterocycles. The molecule has 0 radical (unpaired) electrons. The third-order valence-electron chi connectivity index (χ3n) is 5.06. The third-order valence-corrected chi connectivity index (χ3v) is 5.06. The van der Waals surface area contributed by atoms with Gasteiger partial charge in [0.2, 0.25) is 11.8 Å². The highest BCUT2D eigenvalue weighted by Gasteiger charge is 2.31. The minimum Gasteiger partial charge on any atom is -0.340 e. The van der Waals surface area contributed by atoms with Gasteiger partial charge in [-0.15, -0.1) is 0 Å². The first-order valence-corrected chi connectivity index (χ1v) is 8.91. The molecule has 7 nitrogen and oxygen atoms in total. The van der Waals surface area contributed by atoms with Gasteiger partial charge in [0.05, 0.1) is 18.7 Å². The second-order valence-corrected chi connectivity index (χ2v) is 6.77. The number of nitrogens with zero attached hydrogens (tertiary/aromatic N) is 4. The van der Waals surface area contributed by atoms with Crippen LogP contribution in [0, 0.1) is 0 Å². The molecule has 0 spiro atoms. The summed E-state index contributed by atoms with van der Waals surface area (Å²) >= 11 is 0. The second-order valence-electron chi connectivity index (χ2n) is 6.77. The number of rotatable bonds is 3. The van der Waals surface area contributed by atoms with Crippen molar-refractivity contribution in [2.45, 2.75) is 25.3 Å². The molecule has 0 bridgehead atoms. The Labute approximate surface area is 146 Å². The normalized spacial score (nSPS) is 21.8. The van der Waals surface area contributed by atoms with E-state index in [1.165, 1.54) is 0 Å². The molecule has 1 N–H and O–H groups in total. The molecule has 2 amide bonds. The van der Waals surface area contributed by atoms with Crippen LogP contribution in [0.5, 0.6) is 0 Å². The van der Waals surface area contributed by atoms with Crippen molar-refractivity contribution in [2.75, 3.05) is 32.7 Å². The maximum atomic E-state index is 12.7. The summed E-state index contributed by atoms with van der Waals surface area (Å²) in [6.07, 6.45) is 6.07. The van der Waals surface area contributed by atoms with E-state index in [2.05, 4.69) is 10.3 Å². The first-order valence-electron chi connectivity index (χ1n) is 8.91. The van der Waals surface area contributed by atoms with E-state index in [9.17, 15) is 9.59 Å². The zero-order valence-electron chi connectivity index (χ0n) is 14.2. The zero-order valence-corrected chi connectivity index (χ0v) is 14.2. The van der Waals surface area contributed by atoms with Crippen molar-refractivity contribution < 1.29 is 9.59 Å². The van der Waals surface area contributed by atoms with Crippen LogP contribution in [0.25, 0.3) is 5.65 Å². The van der Waals surface area contributed by atoms with Crippen molar-refractivity contribution in [1.29, 1.82) is 0 Å². The lowest BCUT2D eigenvalue weighted by Gasteiger charge is -2.41. The van der Waals surface area contributed by atoms with Crippen molar-refractivity contribution >= 4 is 17.5 Å². The zero-order chi connectivity index (χ0) is 17.2. The van der Waals surface area contributed by atoms with E-state index in [-0.39, 0.29) is 17.9 Å². The fourth-order valence-corrected chi connectivity index (χ4v) is 3.78. The summed E-state index contributed by atoms with van der Waals surface area (Å²) in [5.74, 6) is 0.238. The maximum absolute atomic E-state index is 12.7. The van der Waals surface area contributed by atoms with Gasteiger partial charge in [-0.1, -0.05) is 6.07 Å². The molecule has 4 rings (SSSR count). The molecule has 2 aromatic rings. The Morgan fingerprint density at radius 2 is 2.24 bits per heavy atom. The summed E-state index contributed by atoms with van der Waals surface area (Å²) in [4.78, 5) is 33.2. The van der Waals surface area contributed by atoms with Crippen LogP contribution in [0.4, 0.5) is 0 Å². The standard InChI is InChI=1S/C18H23N5O2/c24-17(10-14-12-21-7-2-1-5-16(21)20-14)22-8-3-4-15(13-22)23-9-6-19-11-18(23)25/h1-2,5,7,12,15,19H,3-4,6,8-11,13H2. The molecule has 1 unspecified atom stereocenters. The number of hydrogen-bond acceptors (Lipinski definition) is 4. The van der Waals surface area contributed by atoms with Gasteiger partial charge in [0.15, 0.2) is 0 Å². The number of piperazine rings is 1. The van der Waals surface area contributed by atoms with Crippen LogP contribution in [0.2, 0.25) is 0 Å². The van der Waals surface area contributed by atoms with Gasteiger partial charge in [-0.05, 0) is 25.0 Å². The fraction of sp³-hybridized carbons (Fsp3) is 0.500. The number of hydrogen-bond donors (Lipinski definition) is 1. The van der Waals surface area contributed by atoms with E-state index in [0.717, 1.165) is 43.8 Å². The molecule has 0 aliphatic carbocycles. The number of carbonyl (C=O) groups excluding carboxylic acids is 2. The molecule has 1 atom stereocenters. The predicted octanol–water partition coefficient (Wildman–Crippen LogP) is 0.300. The van der Waals surface area contributed by atoms with Crippen LogP contribution in [-0.2, 0) is 16.0 Å². The number of fused-ring (bicyclic) bond motifs is 1. The summed E-state index contributed by atoms with van der Waals surface area (Å²) in [6.45, 7) is 3.38. The number of aromatic nitrogens is 2. The average molecular weight is 341 g/mol. The van der Waals surface area contributed by atoms with Crippen LogP contribution in [-0.4, -0.2) is 69.8 Å². The second kappa shape index (κ2) is 6.84. The van der Waals surface area contributed by atoms with Gasteiger partial charge in [0.25, 0.3) is 0 Å². The van der Waals surface area contributed by atoms with Crippen molar-refractivity contribution in [2.24, 2.45) is 0 Å². The number of carbonyl (C=O) groups is 2. The number of likely N-dealkylation sites (tertiary alicyclic amines) is 1. The Morgan fingerprint density at radius 3 is 3.08 bits per heavy atom. The third kappa shape index (κ3) is 3.37.